The Morgan fingerprint density at radius 3 is 1.66 bits per heavy atom. The molecule has 0 radical (unpaired) electrons. The van der Waals surface area contributed by atoms with Gasteiger partial charge < -0.3 is 39.8 Å². The van der Waals surface area contributed by atoms with E-state index in [9.17, 15) is 71.9 Å². The van der Waals surface area contributed by atoms with Crippen LogP contribution in [-0.2, 0) is 82.0 Å². The zero-order chi connectivity index (χ0) is 55.1. The molecular formula is C44H48F12I3N10O6V. The Kier molecular flexibility index (Phi) is 27.8. The third-order valence-corrected chi connectivity index (χ3v) is 10.1. The van der Waals surface area contributed by atoms with Crippen molar-refractivity contribution in [3.63, 3.8) is 0 Å². The molecule has 0 aliphatic carbocycles. The van der Waals surface area contributed by atoms with E-state index in [0.29, 0.717) is 43.2 Å². The van der Waals surface area contributed by atoms with Crippen LogP contribution >= 0.6 is 59.9 Å². The molecule has 4 N–H and O–H groups in total. The Hall–Kier alpha value is -4.49. The zero-order valence-electron chi connectivity index (χ0n) is 37.9. The van der Waals surface area contributed by atoms with E-state index in [0.717, 1.165) is 14.7 Å². The minimum absolute atomic E-state index is 0. The van der Waals surface area contributed by atoms with E-state index < -0.39 is 101 Å². The van der Waals surface area contributed by atoms with E-state index >= 15 is 0 Å². The van der Waals surface area contributed by atoms with Crippen molar-refractivity contribution >= 4 is 83.8 Å². The number of nitrogens with zero attached hydrogens (tertiary/aromatic N) is 7. The number of ether oxygens (including phenoxy) is 1. The standard InChI is InChI=1S/C18H17F6N5O2.C18H16F3NO4.C6H7F3N4.2CH4.3HI.V/c1-9(30)25-11(4-10-5-13(20)14(21)7-12(10)19)6-16(31)28-2-3-29-15(8-28)26-27-17(29)18(22,23)24;19-14-9-16(21)15(20)7-12(14)6-13(8-17(23)24)22-18(25)26-10-11-4-2-1-3-5-11;7-6(8,9)5-12-11-4-3-10-1-2-13(4)5;;;;;;/h5,7,11H,2-4,6,8H2,1H3,(H,25,30);1-5,7,9,13H,6,8,10H2,(H,22,25)(H,23,24);10H,1-3H2;2*1H4;3*1H;/q;;;;;;;;+3/p-3/t11-;13-;;;;;;;/m11......./s1. The first-order chi connectivity index (χ1) is 34.6. The van der Waals surface area contributed by atoms with Crippen molar-refractivity contribution in [3.05, 3.63) is 129 Å². The van der Waals surface area contributed by atoms with Crippen molar-refractivity contribution in [1.29, 1.82) is 0 Å². The fraction of sp³-hybridized carbons (Fsp3) is 0.409. The van der Waals surface area contributed by atoms with E-state index in [1.165, 1.54) is 11.8 Å². The number of amides is 3. The molecule has 3 amide bonds. The summed E-state index contributed by atoms with van der Waals surface area (Å²) < 4.78 is 163. The molecule has 4 heterocycles. The minimum atomic E-state index is -4.68. The summed E-state index contributed by atoms with van der Waals surface area (Å²) in [6.07, 6.45) is -11.5. The van der Waals surface area contributed by atoms with Crippen LogP contribution in [0.15, 0.2) is 54.6 Å². The number of benzene rings is 3. The number of alkyl carbamates (subject to hydrolysis) is 1. The van der Waals surface area contributed by atoms with Gasteiger partial charge in [-0.05, 0) is 41.7 Å². The Morgan fingerprint density at radius 2 is 1.17 bits per heavy atom. The van der Waals surface area contributed by atoms with E-state index in [1.807, 2.05) is 0 Å². The first-order valence-electron chi connectivity index (χ1n) is 21.1. The number of carbonyl (C=O) groups is 4. The normalized spacial score (nSPS) is 13.5. The maximum absolute atomic E-state index is 14.0. The summed E-state index contributed by atoms with van der Waals surface area (Å²) in [5.74, 6) is -11.4. The second kappa shape index (κ2) is 31.2. The molecule has 420 valence electrons. The second-order valence-electron chi connectivity index (χ2n) is 15.6. The molecule has 7 rings (SSSR count). The predicted octanol–water partition coefficient (Wildman–Crippen LogP) is 9.94. The van der Waals surface area contributed by atoms with Crippen molar-refractivity contribution in [2.75, 3.05) is 13.1 Å². The molecule has 0 fully saturated rings. The van der Waals surface area contributed by atoms with Gasteiger partial charge in [0.05, 0.1) is 19.5 Å². The van der Waals surface area contributed by atoms with Gasteiger partial charge in [0.1, 0.15) is 24.1 Å². The Morgan fingerprint density at radius 1 is 0.697 bits per heavy atom. The number of aliphatic carboxylic acids is 1. The van der Waals surface area contributed by atoms with Crippen LogP contribution in [-0.4, -0.2) is 88.6 Å². The summed E-state index contributed by atoms with van der Waals surface area (Å²) >= 11 is 7.39. The molecule has 0 saturated carbocycles. The molecule has 0 spiro atoms. The molecule has 2 aliphatic heterocycles. The van der Waals surface area contributed by atoms with Gasteiger partial charge in [-0.2, -0.15) is 26.3 Å². The van der Waals surface area contributed by atoms with Gasteiger partial charge in [0.2, 0.25) is 23.5 Å². The predicted molar refractivity (Wildman–Crippen MR) is 271 cm³/mol. The van der Waals surface area contributed by atoms with Gasteiger partial charge in [0.25, 0.3) is 0 Å². The fourth-order valence-electron chi connectivity index (χ4n) is 6.97. The van der Waals surface area contributed by atoms with Crippen LogP contribution in [0.4, 0.5) is 57.5 Å². The number of halogens is 15. The van der Waals surface area contributed by atoms with Gasteiger partial charge in [-0.15, -0.1) is 20.4 Å². The molecule has 2 aromatic heterocycles. The zero-order valence-corrected chi connectivity index (χ0v) is 45.7. The molecule has 16 nitrogen and oxygen atoms in total. The third kappa shape index (κ3) is 21.7. The number of hydrogen-bond donors (Lipinski definition) is 4. The van der Waals surface area contributed by atoms with Crippen LogP contribution in [0.25, 0.3) is 0 Å². The molecule has 2 atom stereocenters. The number of carboxylic acid groups (broad SMARTS) is 1. The summed E-state index contributed by atoms with van der Waals surface area (Å²) in [4.78, 5) is 47.9. The molecule has 3 aromatic carbocycles. The number of carboxylic acids is 1. The van der Waals surface area contributed by atoms with E-state index in [1.54, 1.807) is 30.3 Å². The van der Waals surface area contributed by atoms with Crippen molar-refractivity contribution in [2.45, 2.75) is 105 Å². The van der Waals surface area contributed by atoms with E-state index in [-0.39, 0.29) is 88.8 Å². The molecular weight excluding hydrogens is 1420 g/mol. The number of carbonyl (C=O) groups excluding carboxylic acids is 3. The van der Waals surface area contributed by atoms with Crippen LogP contribution in [0.2, 0.25) is 0 Å². The number of alkyl halides is 6. The number of nitrogens with one attached hydrogen (secondary N) is 3. The van der Waals surface area contributed by atoms with Crippen LogP contribution in [0.5, 0.6) is 0 Å². The molecule has 76 heavy (non-hydrogen) atoms. The van der Waals surface area contributed by atoms with Crippen LogP contribution in [0.1, 0.15) is 74.6 Å². The van der Waals surface area contributed by atoms with E-state index in [4.69, 9.17) is 9.84 Å². The van der Waals surface area contributed by atoms with Gasteiger partial charge in [-0.25, -0.2) is 31.1 Å². The van der Waals surface area contributed by atoms with Crippen molar-refractivity contribution in [2.24, 2.45) is 0 Å². The van der Waals surface area contributed by atoms with Crippen LogP contribution in [0, 0.1) is 34.9 Å². The Balaban J connectivity index is 0.000000395. The SMILES string of the molecule is C.C.CC(=O)N[C@@H](CC(=O)N1CCn2c(nnc2C(F)(F)F)C1)Cc1cc(F)c(F)cc1F.FC(F)(F)c1nnc2n1CCNC2.O=C(O)C[C@@H](Cc1cc(F)c(F)cc1F)NC(=O)OCc1ccccc1.[I][V]([I])[I]. The number of hydrogen-bond acceptors (Lipinski definition) is 10. The van der Waals surface area contributed by atoms with Gasteiger partial charge in [0, 0.05) is 63.7 Å². The first-order valence-corrected chi connectivity index (χ1v) is 34.6. The average Bonchev–Trinajstić information content (AvgIpc) is 3.95. The summed E-state index contributed by atoms with van der Waals surface area (Å²) in [6.45, 7) is 1.82. The first kappa shape index (κ1) is 67.6. The Bertz CT molecular complexity index is 2720. The Labute approximate surface area is 464 Å². The summed E-state index contributed by atoms with van der Waals surface area (Å²) in [7, 11) is 0. The number of rotatable bonds is 12. The number of fused-ring (bicyclic) bond motifs is 2. The van der Waals surface area contributed by atoms with Crippen molar-refractivity contribution in [3.8, 4) is 0 Å². The van der Waals surface area contributed by atoms with Gasteiger partial charge >= 0.3 is 89.3 Å². The molecule has 2 aliphatic rings. The summed E-state index contributed by atoms with van der Waals surface area (Å²) in [5, 5.41) is 29.8. The van der Waals surface area contributed by atoms with E-state index in [2.05, 4.69) is 96.3 Å². The molecule has 32 heteroatoms. The van der Waals surface area contributed by atoms with Crippen LogP contribution < -0.4 is 16.0 Å². The van der Waals surface area contributed by atoms with Gasteiger partial charge in [0.15, 0.2) is 29.1 Å². The third-order valence-electron chi connectivity index (χ3n) is 10.1. The van der Waals surface area contributed by atoms with Crippen molar-refractivity contribution < 1.29 is 86.6 Å². The quantitative estimate of drug-likeness (QED) is 0.0527. The molecule has 5 aromatic rings. The number of aromatic nitrogens is 6. The monoisotopic (exact) mass is 1470 g/mol. The molecule has 0 saturated heterocycles. The summed E-state index contributed by atoms with van der Waals surface area (Å²) in [5.41, 5.74) is 0.237. The van der Waals surface area contributed by atoms with Crippen molar-refractivity contribution in [1.82, 2.24) is 50.4 Å². The van der Waals surface area contributed by atoms with Gasteiger partial charge in [-0.3, -0.25) is 14.4 Å². The summed E-state index contributed by atoms with van der Waals surface area (Å²) in [6, 6.07) is 8.79. The topological polar surface area (TPSA) is 198 Å². The van der Waals surface area contributed by atoms with Gasteiger partial charge in [-0.1, -0.05) is 45.2 Å². The molecule has 0 unspecified atom stereocenters. The maximum atomic E-state index is 14.0. The van der Waals surface area contributed by atoms with Crippen LogP contribution in [0.3, 0.4) is 0 Å². The molecule has 0 bridgehead atoms. The average molecular weight is 1470 g/mol. The fourth-order valence-corrected chi connectivity index (χ4v) is 6.97. The second-order valence-corrected chi connectivity index (χ2v) is 51.0.